The lowest BCUT2D eigenvalue weighted by atomic mass is 9.86. The van der Waals surface area contributed by atoms with Gasteiger partial charge in [0.25, 0.3) is 0 Å². The van der Waals surface area contributed by atoms with E-state index in [-0.39, 0.29) is 18.0 Å². The second-order valence-corrected chi connectivity index (χ2v) is 4.66. The molecule has 1 saturated carbocycles. The van der Waals surface area contributed by atoms with Gasteiger partial charge in [-0.15, -0.1) is 0 Å². The van der Waals surface area contributed by atoms with E-state index in [2.05, 4.69) is 9.97 Å². The normalized spacial score (nSPS) is 24.2. The molecule has 1 aromatic heterocycles. The summed E-state index contributed by atoms with van der Waals surface area (Å²) < 4.78 is 43.1. The smallest absolute Gasteiger partial charge is 0.433 e. The molecular formula is C12H16F3N3O. The number of aromatic nitrogens is 2. The maximum atomic E-state index is 12.5. The van der Waals surface area contributed by atoms with Crippen LogP contribution in [0.3, 0.4) is 0 Å². The highest BCUT2D eigenvalue weighted by Crippen LogP contribution is 2.30. The van der Waals surface area contributed by atoms with Gasteiger partial charge in [-0.25, -0.2) is 4.98 Å². The van der Waals surface area contributed by atoms with Gasteiger partial charge in [-0.1, -0.05) is 6.42 Å². The molecule has 7 heteroatoms. The van der Waals surface area contributed by atoms with Crippen molar-refractivity contribution in [3.8, 4) is 6.01 Å². The highest BCUT2D eigenvalue weighted by molar-refractivity contribution is 5.09. The minimum absolute atomic E-state index is 0.159. The minimum Gasteiger partial charge on any atom is -0.460 e. The van der Waals surface area contributed by atoms with Crippen LogP contribution < -0.4 is 10.5 Å². The zero-order valence-electron chi connectivity index (χ0n) is 10.4. The van der Waals surface area contributed by atoms with E-state index in [9.17, 15) is 13.2 Å². The van der Waals surface area contributed by atoms with E-state index < -0.39 is 11.9 Å². The molecule has 19 heavy (non-hydrogen) atoms. The summed E-state index contributed by atoms with van der Waals surface area (Å²) in [4.78, 5) is 7.15. The van der Waals surface area contributed by atoms with Crippen LogP contribution in [0.2, 0.25) is 0 Å². The fourth-order valence-corrected chi connectivity index (χ4v) is 2.29. The quantitative estimate of drug-likeness (QED) is 0.920. The Balaban J connectivity index is 2.10. The van der Waals surface area contributed by atoms with Gasteiger partial charge in [0.15, 0.2) is 5.69 Å². The molecule has 1 fully saturated rings. The second-order valence-electron chi connectivity index (χ2n) is 4.66. The molecule has 4 nitrogen and oxygen atoms in total. The Bertz CT molecular complexity index is 425. The van der Waals surface area contributed by atoms with Crippen LogP contribution in [-0.4, -0.2) is 22.6 Å². The molecule has 0 aromatic carbocycles. The third kappa shape index (κ3) is 3.56. The summed E-state index contributed by atoms with van der Waals surface area (Å²) in [6, 6.07) is 0.605. The van der Waals surface area contributed by atoms with Gasteiger partial charge in [-0.2, -0.15) is 18.2 Å². The van der Waals surface area contributed by atoms with E-state index in [0.29, 0.717) is 6.54 Å². The third-order valence-electron chi connectivity index (χ3n) is 3.32. The summed E-state index contributed by atoms with van der Waals surface area (Å²) in [5.41, 5.74) is 4.66. The monoisotopic (exact) mass is 275 g/mol. The number of ether oxygens (including phenoxy) is 1. The van der Waals surface area contributed by atoms with Crippen LogP contribution in [0.15, 0.2) is 12.3 Å². The van der Waals surface area contributed by atoms with Gasteiger partial charge < -0.3 is 10.5 Å². The van der Waals surface area contributed by atoms with Crippen LogP contribution in [0.4, 0.5) is 13.2 Å². The molecule has 0 bridgehead atoms. The average molecular weight is 275 g/mol. The van der Waals surface area contributed by atoms with Crippen LogP contribution >= 0.6 is 0 Å². The van der Waals surface area contributed by atoms with Gasteiger partial charge in [0, 0.05) is 12.1 Å². The molecule has 2 N–H and O–H groups in total. The van der Waals surface area contributed by atoms with Gasteiger partial charge in [0.2, 0.25) is 0 Å². The molecule has 0 saturated heterocycles. The van der Waals surface area contributed by atoms with Crippen molar-refractivity contribution in [2.75, 3.05) is 6.54 Å². The van der Waals surface area contributed by atoms with Gasteiger partial charge in [-0.3, -0.25) is 0 Å². The molecule has 1 aliphatic carbocycles. The van der Waals surface area contributed by atoms with E-state index in [0.717, 1.165) is 37.9 Å². The number of hydrogen-bond acceptors (Lipinski definition) is 4. The molecule has 0 aliphatic heterocycles. The number of nitrogens with two attached hydrogens (primary N) is 1. The third-order valence-corrected chi connectivity index (χ3v) is 3.32. The van der Waals surface area contributed by atoms with Crippen molar-refractivity contribution in [2.45, 2.75) is 38.0 Å². The topological polar surface area (TPSA) is 61.0 Å². The number of rotatable bonds is 3. The van der Waals surface area contributed by atoms with Crippen molar-refractivity contribution >= 4 is 0 Å². The Hall–Kier alpha value is -1.37. The minimum atomic E-state index is -4.49. The van der Waals surface area contributed by atoms with E-state index in [1.165, 1.54) is 0 Å². The van der Waals surface area contributed by atoms with E-state index in [4.69, 9.17) is 10.5 Å². The molecule has 0 amide bonds. The Morgan fingerprint density at radius 3 is 2.74 bits per heavy atom. The van der Waals surface area contributed by atoms with Crippen LogP contribution in [0.5, 0.6) is 6.01 Å². The van der Waals surface area contributed by atoms with Crippen LogP contribution in [-0.2, 0) is 6.18 Å². The predicted molar refractivity (Wildman–Crippen MR) is 62.5 cm³/mol. The van der Waals surface area contributed by atoms with Crippen molar-refractivity contribution in [3.63, 3.8) is 0 Å². The standard InChI is InChI=1S/C12H16F3N3O/c13-12(14,15)10-5-6-17-11(18-10)19-9-4-2-1-3-8(9)7-16/h5-6,8-9H,1-4,7,16H2. The Kier molecular flexibility index (Phi) is 4.24. The number of alkyl halides is 3. The first kappa shape index (κ1) is 14.0. The summed E-state index contributed by atoms with van der Waals surface area (Å²) in [5.74, 6) is 0.159. The van der Waals surface area contributed by atoms with E-state index in [1.807, 2.05) is 0 Å². The molecule has 106 valence electrons. The lowest BCUT2D eigenvalue weighted by Crippen LogP contribution is -2.35. The number of halogens is 3. The largest absolute Gasteiger partial charge is 0.460 e. The first-order valence-electron chi connectivity index (χ1n) is 6.27. The fraction of sp³-hybridized carbons (Fsp3) is 0.667. The molecule has 1 aliphatic rings. The first-order chi connectivity index (χ1) is 9.00. The summed E-state index contributed by atoms with van der Waals surface area (Å²) in [6.45, 7) is 0.462. The SMILES string of the molecule is NCC1CCCCC1Oc1nccc(C(F)(F)F)n1. The number of hydrogen-bond donors (Lipinski definition) is 1. The van der Waals surface area contributed by atoms with Gasteiger partial charge in [0.1, 0.15) is 6.10 Å². The zero-order chi connectivity index (χ0) is 13.9. The van der Waals surface area contributed by atoms with Crippen LogP contribution in [0.1, 0.15) is 31.4 Å². The first-order valence-corrected chi connectivity index (χ1v) is 6.27. The molecule has 0 spiro atoms. The lowest BCUT2D eigenvalue weighted by molar-refractivity contribution is -0.141. The highest BCUT2D eigenvalue weighted by atomic mass is 19.4. The molecular weight excluding hydrogens is 259 g/mol. The maximum Gasteiger partial charge on any atom is 0.433 e. The van der Waals surface area contributed by atoms with Gasteiger partial charge in [0.05, 0.1) is 0 Å². The molecule has 1 heterocycles. The van der Waals surface area contributed by atoms with Crippen molar-refractivity contribution in [1.82, 2.24) is 9.97 Å². The van der Waals surface area contributed by atoms with Crippen molar-refractivity contribution < 1.29 is 17.9 Å². The Morgan fingerprint density at radius 2 is 2.05 bits per heavy atom. The van der Waals surface area contributed by atoms with E-state index >= 15 is 0 Å². The van der Waals surface area contributed by atoms with Crippen molar-refractivity contribution in [3.05, 3.63) is 18.0 Å². The lowest BCUT2D eigenvalue weighted by Gasteiger charge is -2.30. The van der Waals surface area contributed by atoms with E-state index in [1.54, 1.807) is 0 Å². The average Bonchev–Trinajstić information content (AvgIpc) is 2.39. The van der Waals surface area contributed by atoms with Gasteiger partial charge in [-0.05, 0) is 31.9 Å². The zero-order valence-corrected chi connectivity index (χ0v) is 10.4. The summed E-state index contributed by atoms with van der Waals surface area (Å²) in [5, 5.41) is 0. The van der Waals surface area contributed by atoms with Crippen LogP contribution in [0.25, 0.3) is 0 Å². The van der Waals surface area contributed by atoms with Crippen LogP contribution in [0, 0.1) is 5.92 Å². The van der Waals surface area contributed by atoms with Gasteiger partial charge >= 0.3 is 12.2 Å². The highest BCUT2D eigenvalue weighted by Gasteiger charge is 2.33. The molecule has 2 unspecified atom stereocenters. The fourth-order valence-electron chi connectivity index (χ4n) is 2.29. The number of nitrogens with zero attached hydrogens (tertiary/aromatic N) is 2. The van der Waals surface area contributed by atoms with Crippen molar-refractivity contribution in [2.24, 2.45) is 11.7 Å². The molecule has 0 radical (unpaired) electrons. The summed E-state index contributed by atoms with van der Waals surface area (Å²) in [7, 11) is 0. The summed E-state index contributed by atoms with van der Waals surface area (Å²) >= 11 is 0. The maximum absolute atomic E-state index is 12.5. The molecule has 2 atom stereocenters. The molecule has 1 aromatic rings. The second kappa shape index (κ2) is 5.73. The Labute approximate surface area is 109 Å². The van der Waals surface area contributed by atoms with Crippen molar-refractivity contribution in [1.29, 1.82) is 0 Å². The predicted octanol–water partition coefficient (Wildman–Crippen LogP) is 2.39. The molecule has 2 rings (SSSR count). The Morgan fingerprint density at radius 1 is 1.32 bits per heavy atom. The summed E-state index contributed by atoms with van der Waals surface area (Å²) in [6.07, 6.45) is 0.154.